The van der Waals surface area contributed by atoms with Gasteiger partial charge in [0.25, 0.3) is 0 Å². The molecular formula is C13H19N3O3S. The zero-order valence-electron chi connectivity index (χ0n) is 11.3. The quantitative estimate of drug-likeness (QED) is 0.763. The van der Waals surface area contributed by atoms with Gasteiger partial charge in [-0.05, 0) is 50.6 Å². The average Bonchev–Trinajstić information content (AvgIpc) is 2.39. The highest BCUT2D eigenvalue weighted by Crippen LogP contribution is 2.27. The van der Waals surface area contributed by atoms with Crippen molar-refractivity contribution in [1.82, 2.24) is 5.32 Å². The molecule has 1 unspecified atom stereocenters. The normalized spacial score (nSPS) is 23.3. The molecule has 1 aromatic rings. The summed E-state index contributed by atoms with van der Waals surface area (Å²) < 4.78 is 22.3. The molecule has 0 aliphatic carbocycles. The number of nitrogens with two attached hydrogens (primary N) is 1. The number of hydrogen-bond donors (Lipinski definition) is 3. The van der Waals surface area contributed by atoms with Crippen molar-refractivity contribution in [2.45, 2.75) is 24.7 Å². The lowest BCUT2D eigenvalue weighted by Crippen LogP contribution is -2.46. The Hall–Kier alpha value is -1.44. The highest BCUT2D eigenvalue weighted by atomic mass is 32.2. The van der Waals surface area contributed by atoms with Gasteiger partial charge in [0.1, 0.15) is 0 Å². The van der Waals surface area contributed by atoms with Crippen molar-refractivity contribution in [3.63, 3.8) is 0 Å². The molecule has 0 saturated carbocycles. The van der Waals surface area contributed by atoms with Gasteiger partial charge in [-0.15, -0.1) is 0 Å². The number of carbonyl (C=O) groups excluding carboxylic acids is 1. The summed E-state index contributed by atoms with van der Waals surface area (Å²) in [6.07, 6.45) is 1.80. The van der Waals surface area contributed by atoms with Crippen LogP contribution in [0.5, 0.6) is 0 Å². The first kappa shape index (κ1) is 15.0. The van der Waals surface area contributed by atoms with Crippen LogP contribution in [0.15, 0.2) is 29.2 Å². The first-order valence-corrected chi connectivity index (χ1v) is 8.01. The van der Waals surface area contributed by atoms with E-state index < -0.39 is 15.4 Å². The van der Waals surface area contributed by atoms with Gasteiger partial charge in [0.2, 0.25) is 15.9 Å². The number of rotatable bonds is 3. The monoisotopic (exact) mass is 297 g/mol. The predicted molar refractivity (Wildman–Crippen MR) is 76.7 cm³/mol. The molecule has 1 aromatic carbocycles. The fraction of sp³-hybridized carbons (Fsp3) is 0.462. The van der Waals surface area contributed by atoms with Crippen LogP contribution in [-0.4, -0.2) is 27.4 Å². The molecule has 1 aliphatic heterocycles. The number of carbonyl (C=O) groups is 1. The predicted octanol–water partition coefficient (Wildman–Crippen LogP) is 0.662. The molecule has 2 rings (SSSR count). The maximum Gasteiger partial charge on any atom is 0.238 e. The second kappa shape index (κ2) is 5.51. The van der Waals surface area contributed by atoms with Gasteiger partial charge in [-0.3, -0.25) is 4.79 Å². The van der Waals surface area contributed by atoms with Crippen LogP contribution in [0, 0.1) is 5.41 Å². The van der Waals surface area contributed by atoms with E-state index in [0.29, 0.717) is 12.2 Å². The van der Waals surface area contributed by atoms with Gasteiger partial charge in [-0.1, -0.05) is 0 Å². The van der Waals surface area contributed by atoms with E-state index in [1.807, 2.05) is 6.92 Å². The first-order valence-electron chi connectivity index (χ1n) is 6.46. The van der Waals surface area contributed by atoms with Crippen molar-refractivity contribution in [3.05, 3.63) is 24.3 Å². The molecule has 1 fully saturated rings. The lowest BCUT2D eigenvalue weighted by atomic mass is 9.82. The molecule has 7 heteroatoms. The summed E-state index contributed by atoms with van der Waals surface area (Å²) in [5.41, 5.74) is 0.130. The van der Waals surface area contributed by atoms with E-state index in [2.05, 4.69) is 10.6 Å². The van der Waals surface area contributed by atoms with E-state index in [0.717, 1.165) is 19.4 Å². The Morgan fingerprint density at radius 3 is 2.50 bits per heavy atom. The van der Waals surface area contributed by atoms with Crippen LogP contribution < -0.4 is 15.8 Å². The number of sulfonamides is 1. The fourth-order valence-corrected chi connectivity index (χ4v) is 2.78. The zero-order valence-corrected chi connectivity index (χ0v) is 12.2. The molecule has 1 atom stereocenters. The highest BCUT2D eigenvalue weighted by Gasteiger charge is 2.34. The van der Waals surface area contributed by atoms with Crippen molar-refractivity contribution in [2.75, 3.05) is 18.4 Å². The summed E-state index contributed by atoms with van der Waals surface area (Å²) in [5.74, 6) is -0.0620. The number of amides is 1. The second-order valence-electron chi connectivity index (χ2n) is 5.36. The highest BCUT2D eigenvalue weighted by molar-refractivity contribution is 7.89. The zero-order chi connectivity index (χ0) is 14.8. The van der Waals surface area contributed by atoms with Crippen LogP contribution in [-0.2, 0) is 14.8 Å². The smallest absolute Gasteiger partial charge is 0.238 e. The summed E-state index contributed by atoms with van der Waals surface area (Å²) in [4.78, 5) is 12.3. The molecule has 1 aliphatic rings. The molecule has 0 aromatic heterocycles. The number of hydrogen-bond acceptors (Lipinski definition) is 4. The maximum atomic E-state index is 12.3. The van der Waals surface area contributed by atoms with E-state index in [9.17, 15) is 13.2 Å². The third-order valence-corrected chi connectivity index (χ3v) is 4.52. The number of anilines is 1. The number of primary sulfonamides is 1. The molecule has 6 nitrogen and oxygen atoms in total. The van der Waals surface area contributed by atoms with Crippen molar-refractivity contribution in [2.24, 2.45) is 10.6 Å². The molecule has 1 amide bonds. The summed E-state index contributed by atoms with van der Waals surface area (Å²) in [6.45, 7) is 3.51. The van der Waals surface area contributed by atoms with Crippen molar-refractivity contribution >= 4 is 21.6 Å². The molecule has 110 valence electrons. The number of piperidine rings is 1. The van der Waals surface area contributed by atoms with Crippen LogP contribution in [0.4, 0.5) is 5.69 Å². The van der Waals surface area contributed by atoms with Gasteiger partial charge >= 0.3 is 0 Å². The minimum absolute atomic E-state index is 0.0287. The Morgan fingerprint density at radius 1 is 1.35 bits per heavy atom. The third kappa shape index (κ3) is 3.36. The minimum Gasteiger partial charge on any atom is -0.326 e. The topological polar surface area (TPSA) is 101 Å². The fourth-order valence-electron chi connectivity index (χ4n) is 2.26. The lowest BCUT2D eigenvalue weighted by molar-refractivity contribution is -0.125. The molecule has 1 heterocycles. The minimum atomic E-state index is -3.70. The first-order chi connectivity index (χ1) is 9.31. The van der Waals surface area contributed by atoms with Gasteiger partial charge in [0, 0.05) is 12.2 Å². The van der Waals surface area contributed by atoms with Gasteiger partial charge < -0.3 is 10.6 Å². The number of nitrogens with one attached hydrogen (secondary N) is 2. The van der Waals surface area contributed by atoms with Gasteiger partial charge in [0.05, 0.1) is 10.3 Å². The Balaban J connectivity index is 2.08. The average molecular weight is 297 g/mol. The second-order valence-corrected chi connectivity index (χ2v) is 6.93. The van der Waals surface area contributed by atoms with Crippen LogP contribution >= 0.6 is 0 Å². The largest absolute Gasteiger partial charge is 0.326 e. The van der Waals surface area contributed by atoms with Gasteiger partial charge in [0.15, 0.2) is 0 Å². The standard InChI is InChI=1S/C13H19N3O3S/c1-13(7-2-8-15-9-13)12(17)16-10-3-5-11(6-4-10)20(14,18)19/h3-6,15H,2,7-9H2,1H3,(H,16,17)(H2,14,18,19). The van der Waals surface area contributed by atoms with E-state index in [1.165, 1.54) is 24.3 Å². The molecule has 0 radical (unpaired) electrons. The Bertz CT molecular complexity index is 590. The van der Waals surface area contributed by atoms with Crippen molar-refractivity contribution < 1.29 is 13.2 Å². The van der Waals surface area contributed by atoms with E-state index in [-0.39, 0.29) is 10.8 Å². The molecule has 20 heavy (non-hydrogen) atoms. The Labute approximate surface area is 118 Å². The van der Waals surface area contributed by atoms with Crippen LogP contribution in [0.3, 0.4) is 0 Å². The summed E-state index contributed by atoms with van der Waals surface area (Å²) in [7, 11) is -3.70. The van der Waals surface area contributed by atoms with Gasteiger partial charge in [-0.25, -0.2) is 13.6 Å². The summed E-state index contributed by atoms with van der Waals surface area (Å²) >= 11 is 0. The molecule has 4 N–H and O–H groups in total. The maximum absolute atomic E-state index is 12.3. The van der Waals surface area contributed by atoms with E-state index >= 15 is 0 Å². The van der Waals surface area contributed by atoms with Crippen molar-refractivity contribution in [3.8, 4) is 0 Å². The molecule has 0 bridgehead atoms. The summed E-state index contributed by atoms with van der Waals surface area (Å²) in [6, 6.07) is 5.84. The Kier molecular flexibility index (Phi) is 4.12. The SMILES string of the molecule is CC1(C(=O)Nc2ccc(S(N)(=O)=O)cc2)CCCNC1. The molecule has 1 saturated heterocycles. The number of benzene rings is 1. The molecule has 0 spiro atoms. The molecular weight excluding hydrogens is 278 g/mol. The van der Waals surface area contributed by atoms with Crippen LogP contribution in [0.1, 0.15) is 19.8 Å². The van der Waals surface area contributed by atoms with E-state index in [1.54, 1.807) is 0 Å². The van der Waals surface area contributed by atoms with Crippen molar-refractivity contribution in [1.29, 1.82) is 0 Å². The van der Waals surface area contributed by atoms with E-state index in [4.69, 9.17) is 5.14 Å². The lowest BCUT2D eigenvalue weighted by Gasteiger charge is -2.32. The summed E-state index contributed by atoms with van der Waals surface area (Å²) in [5, 5.41) is 11.1. The van der Waals surface area contributed by atoms with Crippen LogP contribution in [0.25, 0.3) is 0 Å². The Morgan fingerprint density at radius 2 is 2.00 bits per heavy atom. The third-order valence-electron chi connectivity index (χ3n) is 3.59. The van der Waals surface area contributed by atoms with Crippen LogP contribution in [0.2, 0.25) is 0 Å². The van der Waals surface area contributed by atoms with Gasteiger partial charge in [-0.2, -0.15) is 0 Å².